The van der Waals surface area contributed by atoms with Crippen LogP contribution < -0.4 is 5.32 Å². The number of hydrogen-bond donors (Lipinski definition) is 1. The van der Waals surface area contributed by atoms with Crippen LogP contribution in [0, 0.1) is 0 Å². The van der Waals surface area contributed by atoms with E-state index in [1.807, 2.05) is 6.92 Å². The summed E-state index contributed by atoms with van der Waals surface area (Å²) in [5.41, 5.74) is 0. The van der Waals surface area contributed by atoms with Crippen LogP contribution in [0.4, 0.5) is 0 Å². The molecule has 1 fully saturated rings. The highest BCUT2D eigenvalue weighted by atomic mass is 16.1. The van der Waals surface area contributed by atoms with E-state index in [4.69, 9.17) is 0 Å². The molecular weight excluding hydrogens is 164 g/mol. The quantitative estimate of drug-likeness (QED) is 0.699. The standard InChI is InChI=1S/C10H20N2O/c1-4-10(13)9-7-11-5-6-12(9)8(2)3/h8-9,11H,4-7H2,1-3H3. The lowest BCUT2D eigenvalue weighted by atomic mass is 10.0. The van der Waals surface area contributed by atoms with Gasteiger partial charge < -0.3 is 5.32 Å². The van der Waals surface area contributed by atoms with E-state index in [-0.39, 0.29) is 6.04 Å². The fourth-order valence-electron chi connectivity index (χ4n) is 1.87. The Morgan fingerprint density at radius 2 is 2.31 bits per heavy atom. The van der Waals surface area contributed by atoms with Gasteiger partial charge in [0.1, 0.15) is 0 Å². The highest BCUT2D eigenvalue weighted by Gasteiger charge is 2.28. The molecule has 0 spiro atoms. The average Bonchev–Trinajstić information content (AvgIpc) is 2.16. The highest BCUT2D eigenvalue weighted by molar-refractivity contribution is 5.84. The fourth-order valence-corrected chi connectivity index (χ4v) is 1.87. The molecule has 0 aliphatic carbocycles. The zero-order valence-corrected chi connectivity index (χ0v) is 8.84. The summed E-state index contributed by atoms with van der Waals surface area (Å²) in [6.45, 7) is 9.07. The minimum absolute atomic E-state index is 0.110. The van der Waals surface area contributed by atoms with Crippen molar-refractivity contribution in [2.75, 3.05) is 19.6 Å². The molecule has 0 aromatic rings. The number of nitrogens with zero attached hydrogens (tertiary/aromatic N) is 1. The second-order valence-electron chi connectivity index (χ2n) is 3.87. The normalized spacial score (nSPS) is 25.1. The summed E-state index contributed by atoms with van der Waals surface area (Å²) in [4.78, 5) is 13.9. The van der Waals surface area contributed by atoms with E-state index in [0.29, 0.717) is 18.2 Å². The molecule has 0 bridgehead atoms. The minimum atomic E-state index is 0.110. The maximum atomic E-state index is 11.6. The molecule has 0 saturated carbocycles. The van der Waals surface area contributed by atoms with Gasteiger partial charge >= 0.3 is 0 Å². The molecule has 1 saturated heterocycles. The molecule has 1 rings (SSSR count). The molecule has 76 valence electrons. The van der Waals surface area contributed by atoms with Crippen LogP contribution in [0.25, 0.3) is 0 Å². The zero-order valence-electron chi connectivity index (χ0n) is 8.84. The Morgan fingerprint density at radius 1 is 1.62 bits per heavy atom. The molecule has 0 amide bonds. The van der Waals surface area contributed by atoms with Crippen molar-refractivity contribution >= 4 is 5.78 Å². The van der Waals surface area contributed by atoms with Crippen molar-refractivity contribution in [1.29, 1.82) is 0 Å². The Balaban J connectivity index is 2.61. The zero-order chi connectivity index (χ0) is 9.84. The van der Waals surface area contributed by atoms with Gasteiger partial charge in [0.2, 0.25) is 0 Å². The second kappa shape index (κ2) is 4.72. The SMILES string of the molecule is CCC(=O)C1CNCCN1C(C)C. The third-order valence-electron chi connectivity index (χ3n) is 2.67. The molecule has 3 nitrogen and oxygen atoms in total. The predicted octanol–water partition coefficient (Wildman–Crippen LogP) is 0.648. The highest BCUT2D eigenvalue weighted by Crippen LogP contribution is 2.10. The smallest absolute Gasteiger partial charge is 0.151 e. The first-order valence-corrected chi connectivity index (χ1v) is 5.16. The van der Waals surface area contributed by atoms with E-state index < -0.39 is 0 Å². The van der Waals surface area contributed by atoms with Crippen molar-refractivity contribution < 1.29 is 4.79 Å². The Bertz CT molecular complexity index is 180. The van der Waals surface area contributed by atoms with Crippen LogP contribution in [0.2, 0.25) is 0 Å². The Hall–Kier alpha value is -0.410. The van der Waals surface area contributed by atoms with Gasteiger partial charge in [-0.1, -0.05) is 6.92 Å². The Labute approximate surface area is 80.5 Å². The molecule has 1 heterocycles. The van der Waals surface area contributed by atoms with Gasteiger partial charge in [-0.2, -0.15) is 0 Å². The molecule has 1 atom stereocenters. The fraction of sp³-hybridized carbons (Fsp3) is 0.900. The van der Waals surface area contributed by atoms with E-state index >= 15 is 0 Å². The topological polar surface area (TPSA) is 32.3 Å². The van der Waals surface area contributed by atoms with Gasteiger partial charge in [-0.25, -0.2) is 0 Å². The lowest BCUT2D eigenvalue weighted by Gasteiger charge is -2.37. The molecule has 1 N–H and O–H groups in total. The third-order valence-corrected chi connectivity index (χ3v) is 2.67. The van der Waals surface area contributed by atoms with Crippen molar-refractivity contribution in [2.24, 2.45) is 0 Å². The number of Topliss-reactive ketones (excluding diaryl/α,β-unsaturated/α-hetero) is 1. The lowest BCUT2D eigenvalue weighted by Crippen LogP contribution is -2.57. The van der Waals surface area contributed by atoms with Gasteiger partial charge in [-0.15, -0.1) is 0 Å². The predicted molar refractivity (Wildman–Crippen MR) is 53.8 cm³/mol. The lowest BCUT2D eigenvalue weighted by molar-refractivity contribution is -0.125. The largest absolute Gasteiger partial charge is 0.313 e. The second-order valence-corrected chi connectivity index (χ2v) is 3.87. The summed E-state index contributed by atoms with van der Waals surface area (Å²) in [6, 6.07) is 0.585. The summed E-state index contributed by atoms with van der Waals surface area (Å²) in [6.07, 6.45) is 0.648. The number of carbonyl (C=O) groups excluding carboxylic acids is 1. The summed E-state index contributed by atoms with van der Waals surface area (Å²) in [5, 5.41) is 3.27. The molecule has 0 radical (unpaired) electrons. The van der Waals surface area contributed by atoms with Gasteiger partial charge in [0, 0.05) is 32.1 Å². The number of carbonyl (C=O) groups is 1. The number of piperazine rings is 1. The van der Waals surface area contributed by atoms with E-state index in [0.717, 1.165) is 19.6 Å². The first kappa shape index (κ1) is 10.7. The Morgan fingerprint density at radius 3 is 2.85 bits per heavy atom. The number of ketones is 1. The van der Waals surface area contributed by atoms with Crippen molar-refractivity contribution in [3.05, 3.63) is 0 Å². The van der Waals surface area contributed by atoms with E-state index in [9.17, 15) is 4.79 Å². The molecular formula is C10H20N2O. The third kappa shape index (κ3) is 2.51. The van der Waals surface area contributed by atoms with Crippen LogP contribution in [-0.2, 0) is 4.79 Å². The molecule has 1 aliphatic heterocycles. The molecule has 13 heavy (non-hydrogen) atoms. The van der Waals surface area contributed by atoms with Crippen LogP contribution in [-0.4, -0.2) is 42.4 Å². The van der Waals surface area contributed by atoms with Gasteiger partial charge in [0.25, 0.3) is 0 Å². The molecule has 3 heteroatoms. The van der Waals surface area contributed by atoms with Gasteiger partial charge in [0.15, 0.2) is 5.78 Å². The van der Waals surface area contributed by atoms with Crippen LogP contribution >= 0.6 is 0 Å². The molecule has 0 aromatic heterocycles. The molecule has 0 aromatic carbocycles. The van der Waals surface area contributed by atoms with E-state index in [1.165, 1.54) is 0 Å². The maximum Gasteiger partial charge on any atom is 0.151 e. The van der Waals surface area contributed by atoms with Gasteiger partial charge in [-0.3, -0.25) is 9.69 Å². The summed E-state index contributed by atoms with van der Waals surface area (Å²) in [5.74, 6) is 0.362. The van der Waals surface area contributed by atoms with Crippen molar-refractivity contribution in [2.45, 2.75) is 39.3 Å². The Kier molecular flexibility index (Phi) is 3.88. The van der Waals surface area contributed by atoms with Crippen LogP contribution in [0.3, 0.4) is 0 Å². The summed E-state index contributed by atoms with van der Waals surface area (Å²) in [7, 11) is 0. The average molecular weight is 184 g/mol. The number of rotatable bonds is 3. The van der Waals surface area contributed by atoms with Gasteiger partial charge in [0.05, 0.1) is 6.04 Å². The van der Waals surface area contributed by atoms with Crippen molar-refractivity contribution in [3.63, 3.8) is 0 Å². The first-order chi connectivity index (χ1) is 6.16. The van der Waals surface area contributed by atoms with Crippen molar-refractivity contribution in [3.8, 4) is 0 Å². The van der Waals surface area contributed by atoms with Crippen LogP contribution in [0.1, 0.15) is 27.2 Å². The number of nitrogens with one attached hydrogen (secondary N) is 1. The summed E-state index contributed by atoms with van der Waals surface area (Å²) < 4.78 is 0. The van der Waals surface area contributed by atoms with Crippen LogP contribution in [0.15, 0.2) is 0 Å². The van der Waals surface area contributed by atoms with Gasteiger partial charge in [-0.05, 0) is 13.8 Å². The number of hydrogen-bond acceptors (Lipinski definition) is 3. The minimum Gasteiger partial charge on any atom is -0.313 e. The molecule has 1 aliphatic rings. The first-order valence-electron chi connectivity index (χ1n) is 5.16. The van der Waals surface area contributed by atoms with E-state index in [1.54, 1.807) is 0 Å². The van der Waals surface area contributed by atoms with Crippen molar-refractivity contribution in [1.82, 2.24) is 10.2 Å². The summed E-state index contributed by atoms with van der Waals surface area (Å²) >= 11 is 0. The monoisotopic (exact) mass is 184 g/mol. The maximum absolute atomic E-state index is 11.6. The van der Waals surface area contributed by atoms with E-state index in [2.05, 4.69) is 24.1 Å². The van der Waals surface area contributed by atoms with Crippen LogP contribution in [0.5, 0.6) is 0 Å². The molecule has 1 unspecified atom stereocenters.